The van der Waals surface area contributed by atoms with Crippen LogP contribution < -0.4 is 0 Å². The normalized spacial score (nSPS) is 16.4. The van der Waals surface area contributed by atoms with Gasteiger partial charge in [-0.15, -0.1) is 0 Å². The molecule has 0 bridgehead atoms. The fraction of sp³-hybridized carbons (Fsp3) is 0.375. The molecule has 0 atom stereocenters. The topological polar surface area (TPSA) is 80.5 Å². The van der Waals surface area contributed by atoms with Gasteiger partial charge in [0.2, 0.25) is 0 Å². The van der Waals surface area contributed by atoms with E-state index in [1.54, 1.807) is 29.9 Å². The fourth-order valence-corrected chi connectivity index (χ4v) is 4.15. The van der Waals surface area contributed by atoms with Gasteiger partial charge in [-0.25, -0.2) is 14.5 Å². The van der Waals surface area contributed by atoms with Crippen molar-refractivity contribution in [2.24, 2.45) is 0 Å². The highest BCUT2D eigenvalue weighted by Gasteiger charge is 2.37. The lowest BCUT2D eigenvalue weighted by atomic mass is 9.83. The number of pyridine rings is 1. The summed E-state index contributed by atoms with van der Waals surface area (Å²) in [6.45, 7) is 3.12. The molecule has 0 radical (unpaired) electrons. The van der Waals surface area contributed by atoms with Crippen molar-refractivity contribution in [2.75, 3.05) is 19.7 Å². The molecule has 3 aromatic rings. The number of aromatic nitrogens is 3. The number of halogens is 3. The molecule has 1 N–H and O–H groups in total. The van der Waals surface area contributed by atoms with Crippen LogP contribution in [0.1, 0.15) is 46.9 Å². The number of piperidine rings is 1. The van der Waals surface area contributed by atoms with Crippen LogP contribution in [0.15, 0.2) is 54.9 Å². The van der Waals surface area contributed by atoms with Crippen LogP contribution in [0.2, 0.25) is 0 Å². The van der Waals surface area contributed by atoms with Gasteiger partial charge in [0.15, 0.2) is 5.82 Å². The first kappa shape index (κ1) is 23.9. The van der Waals surface area contributed by atoms with Gasteiger partial charge < -0.3 is 9.84 Å². The molecule has 0 spiro atoms. The highest BCUT2D eigenvalue weighted by molar-refractivity contribution is 5.90. The number of alkyl halides is 3. The molecule has 10 heteroatoms. The van der Waals surface area contributed by atoms with Crippen molar-refractivity contribution in [1.82, 2.24) is 19.7 Å². The Morgan fingerprint density at radius 3 is 2.59 bits per heavy atom. The number of hydrogen-bond acceptors (Lipinski definition) is 6. The van der Waals surface area contributed by atoms with Crippen molar-refractivity contribution in [1.29, 1.82) is 0 Å². The van der Waals surface area contributed by atoms with Crippen LogP contribution in [0.25, 0.3) is 5.82 Å². The van der Waals surface area contributed by atoms with Gasteiger partial charge in [0.1, 0.15) is 5.56 Å². The first-order valence-corrected chi connectivity index (χ1v) is 11.0. The predicted octanol–water partition coefficient (Wildman–Crippen LogP) is 3.95. The van der Waals surface area contributed by atoms with E-state index in [2.05, 4.69) is 10.1 Å². The van der Waals surface area contributed by atoms with E-state index in [1.807, 2.05) is 11.0 Å². The maximum absolute atomic E-state index is 13.1. The van der Waals surface area contributed by atoms with E-state index < -0.39 is 23.3 Å². The number of rotatable bonds is 6. The van der Waals surface area contributed by atoms with E-state index in [9.17, 15) is 23.1 Å². The summed E-state index contributed by atoms with van der Waals surface area (Å²) in [6, 6.07) is 10.2. The maximum Gasteiger partial charge on any atom is 0.416 e. The van der Waals surface area contributed by atoms with Gasteiger partial charge in [0, 0.05) is 25.8 Å². The molecule has 0 amide bonds. The molecule has 34 heavy (non-hydrogen) atoms. The second-order valence-electron chi connectivity index (χ2n) is 8.21. The Morgan fingerprint density at radius 1 is 1.18 bits per heavy atom. The number of carbonyl (C=O) groups is 1. The molecule has 7 nitrogen and oxygen atoms in total. The minimum absolute atomic E-state index is 0.223. The highest BCUT2D eigenvalue weighted by atomic mass is 19.4. The summed E-state index contributed by atoms with van der Waals surface area (Å²) >= 11 is 0. The Bertz CT molecular complexity index is 1140. The van der Waals surface area contributed by atoms with Gasteiger partial charge in [0.05, 0.1) is 29.7 Å². The van der Waals surface area contributed by atoms with Crippen LogP contribution in [0, 0.1) is 0 Å². The maximum atomic E-state index is 13.1. The van der Waals surface area contributed by atoms with Crippen LogP contribution in [-0.4, -0.2) is 50.4 Å². The number of likely N-dealkylation sites (tertiary alicyclic amines) is 1. The third-order valence-electron chi connectivity index (χ3n) is 6.01. The van der Waals surface area contributed by atoms with Crippen molar-refractivity contribution < 1.29 is 27.8 Å². The summed E-state index contributed by atoms with van der Waals surface area (Å²) in [6.07, 6.45) is -0.895. The van der Waals surface area contributed by atoms with Gasteiger partial charge in [-0.3, -0.25) is 4.90 Å². The molecule has 180 valence electrons. The molecule has 1 aliphatic heterocycles. The zero-order chi connectivity index (χ0) is 24.3. The second kappa shape index (κ2) is 9.55. The quantitative estimate of drug-likeness (QED) is 0.545. The van der Waals surface area contributed by atoms with Gasteiger partial charge in [-0.05, 0) is 49.6 Å². The largest absolute Gasteiger partial charge is 0.462 e. The van der Waals surface area contributed by atoms with Crippen LogP contribution in [-0.2, 0) is 23.1 Å². The summed E-state index contributed by atoms with van der Waals surface area (Å²) in [5.74, 6) is 0.0580. The Labute approximate surface area is 194 Å². The predicted molar refractivity (Wildman–Crippen MR) is 117 cm³/mol. The monoisotopic (exact) mass is 474 g/mol. The lowest BCUT2D eigenvalue weighted by Crippen LogP contribution is -2.42. The molecule has 0 unspecified atom stereocenters. The van der Waals surface area contributed by atoms with Crippen LogP contribution in [0.5, 0.6) is 0 Å². The van der Waals surface area contributed by atoms with E-state index >= 15 is 0 Å². The second-order valence-corrected chi connectivity index (χ2v) is 8.21. The smallest absolute Gasteiger partial charge is 0.416 e. The molecule has 0 aliphatic carbocycles. The molecule has 1 aromatic carbocycles. The van der Waals surface area contributed by atoms with Crippen LogP contribution >= 0.6 is 0 Å². The number of benzene rings is 1. The third-order valence-corrected chi connectivity index (χ3v) is 6.01. The Balaban J connectivity index is 1.54. The van der Waals surface area contributed by atoms with E-state index in [0.29, 0.717) is 36.7 Å². The Hall–Kier alpha value is -3.24. The number of aliphatic hydroxyl groups is 1. The molecule has 4 rings (SSSR count). The lowest BCUT2D eigenvalue weighted by molar-refractivity contribution is -0.137. The van der Waals surface area contributed by atoms with Crippen LogP contribution in [0.3, 0.4) is 0 Å². The zero-order valence-electron chi connectivity index (χ0n) is 18.6. The Kier molecular flexibility index (Phi) is 6.72. The van der Waals surface area contributed by atoms with Gasteiger partial charge in [0.25, 0.3) is 0 Å². The van der Waals surface area contributed by atoms with Crippen molar-refractivity contribution in [3.8, 4) is 5.82 Å². The number of carbonyl (C=O) groups excluding carboxylic acids is 1. The minimum Gasteiger partial charge on any atom is -0.462 e. The summed E-state index contributed by atoms with van der Waals surface area (Å²) in [5, 5.41) is 15.5. The summed E-state index contributed by atoms with van der Waals surface area (Å²) < 4.78 is 46.1. The molecule has 0 saturated carbocycles. The summed E-state index contributed by atoms with van der Waals surface area (Å²) in [5.41, 5.74) is -0.956. The number of hydrogen-bond donors (Lipinski definition) is 1. The molecule has 1 aliphatic rings. The first-order valence-electron chi connectivity index (χ1n) is 11.0. The van der Waals surface area contributed by atoms with Gasteiger partial charge in [-0.2, -0.15) is 18.3 Å². The standard InChI is InChI=1S/C24H25F3N4O3/c1-2-34-22(32)19-15-29-31(21-8-3-4-11-28-21)20(19)16-30-12-9-23(33,10-13-30)17-6-5-7-18(14-17)24(25,26)27/h3-8,11,14-15,33H,2,9-10,12-13,16H2,1H3. The van der Waals surface area contributed by atoms with Crippen molar-refractivity contribution in [3.63, 3.8) is 0 Å². The number of nitrogens with zero attached hydrogens (tertiary/aromatic N) is 4. The fourth-order valence-electron chi connectivity index (χ4n) is 4.15. The van der Waals surface area contributed by atoms with Crippen molar-refractivity contribution in [3.05, 3.63) is 77.2 Å². The molecule has 1 saturated heterocycles. The number of ether oxygens (including phenoxy) is 1. The molecule has 3 heterocycles. The lowest BCUT2D eigenvalue weighted by Gasteiger charge is -2.38. The van der Waals surface area contributed by atoms with Gasteiger partial charge >= 0.3 is 12.1 Å². The van der Waals surface area contributed by atoms with E-state index in [1.165, 1.54) is 18.3 Å². The van der Waals surface area contributed by atoms with Crippen molar-refractivity contribution in [2.45, 2.75) is 38.1 Å². The average Bonchev–Trinajstić information content (AvgIpc) is 3.24. The highest BCUT2D eigenvalue weighted by Crippen LogP contribution is 2.37. The molecule has 2 aromatic heterocycles. The third kappa shape index (κ3) is 4.97. The average molecular weight is 474 g/mol. The Morgan fingerprint density at radius 2 is 1.94 bits per heavy atom. The van der Waals surface area contributed by atoms with E-state index in [-0.39, 0.29) is 25.0 Å². The summed E-state index contributed by atoms with van der Waals surface area (Å²) in [7, 11) is 0. The molecule has 1 fully saturated rings. The van der Waals surface area contributed by atoms with Gasteiger partial charge in [-0.1, -0.05) is 18.2 Å². The van der Waals surface area contributed by atoms with Crippen LogP contribution in [0.4, 0.5) is 13.2 Å². The first-order chi connectivity index (χ1) is 16.2. The van der Waals surface area contributed by atoms with Crippen molar-refractivity contribution >= 4 is 5.97 Å². The summed E-state index contributed by atoms with van der Waals surface area (Å²) in [4.78, 5) is 18.8. The zero-order valence-corrected chi connectivity index (χ0v) is 18.6. The minimum atomic E-state index is -4.47. The number of esters is 1. The molecular weight excluding hydrogens is 449 g/mol. The molecular formula is C24H25F3N4O3. The van der Waals surface area contributed by atoms with E-state index in [0.717, 1.165) is 12.1 Å². The van der Waals surface area contributed by atoms with E-state index in [4.69, 9.17) is 4.74 Å². The SMILES string of the molecule is CCOC(=O)c1cnn(-c2ccccn2)c1CN1CCC(O)(c2cccc(C(F)(F)F)c2)CC1.